The van der Waals surface area contributed by atoms with Crippen LogP contribution in [0.3, 0.4) is 0 Å². The number of aromatic hydroxyl groups is 1. The number of hydrogen-bond donors (Lipinski definition) is 6. The lowest BCUT2D eigenvalue weighted by atomic mass is 9.73. The summed E-state index contributed by atoms with van der Waals surface area (Å²) in [5, 5.41) is 58.9. The van der Waals surface area contributed by atoms with Crippen molar-refractivity contribution in [2.75, 3.05) is 37.9 Å². The van der Waals surface area contributed by atoms with Crippen LogP contribution in [0, 0.1) is 17.8 Å². The summed E-state index contributed by atoms with van der Waals surface area (Å²) in [5.74, 6) is -0.600. The van der Waals surface area contributed by atoms with E-state index in [-0.39, 0.29) is 59.6 Å². The van der Waals surface area contributed by atoms with Crippen molar-refractivity contribution in [2.45, 2.75) is 56.4 Å². The second-order valence-corrected chi connectivity index (χ2v) is 17.8. The smallest absolute Gasteiger partial charge is 0.335 e. The van der Waals surface area contributed by atoms with Crippen molar-refractivity contribution >= 4 is 57.5 Å². The van der Waals surface area contributed by atoms with Gasteiger partial charge in [-0.15, -0.1) is 0 Å². The maximum atomic E-state index is 13.3. The summed E-state index contributed by atoms with van der Waals surface area (Å²) in [4.78, 5) is 30.3. The van der Waals surface area contributed by atoms with Gasteiger partial charge in [-0.1, -0.05) is 90.1 Å². The molecule has 0 radical (unpaired) electrons. The number of β-amino-alcohol motifs (C(OH)–C–C–N with tert-alkyl or cyclic N) is 1. The fraction of sp³-hybridized carbons (Fsp3) is 0.400. The topological polar surface area (TPSA) is 197 Å². The number of aliphatic hydroxyl groups excluding tert-OH is 2. The first-order chi connectivity index (χ1) is 29.0. The fourth-order valence-electron chi connectivity index (χ4n) is 8.35. The van der Waals surface area contributed by atoms with Crippen molar-refractivity contribution in [3.05, 3.63) is 107 Å². The second kappa shape index (κ2) is 19.0. The van der Waals surface area contributed by atoms with Crippen molar-refractivity contribution in [1.82, 2.24) is 5.32 Å². The number of aliphatic imine (C=N–C) groups is 1. The lowest BCUT2D eigenvalue weighted by molar-refractivity contribution is -0.340. The quantitative estimate of drug-likeness (QED) is 0.0980. The van der Waals surface area contributed by atoms with E-state index in [2.05, 4.69) is 54.5 Å². The zero-order valence-corrected chi connectivity index (χ0v) is 34.9. The van der Waals surface area contributed by atoms with Gasteiger partial charge in [0.15, 0.2) is 23.6 Å². The summed E-state index contributed by atoms with van der Waals surface area (Å²) in [6, 6.07) is 19.1. The van der Waals surface area contributed by atoms with Crippen molar-refractivity contribution in [1.29, 1.82) is 0 Å². The van der Waals surface area contributed by atoms with Crippen molar-refractivity contribution < 1.29 is 54.1 Å². The number of rotatable bonds is 11. The largest absolute Gasteiger partial charge is 0.508 e. The Hall–Kier alpha value is -4.61. The third kappa shape index (κ3) is 8.75. The van der Waals surface area contributed by atoms with Crippen LogP contribution in [0.1, 0.15) is 42.5 Å². The van der Waals surface area contributed by atoms with Gasteiger partial charge in [0.05, 0.1) is 12.1 Å². The van der Waals surface area contributed by atoms with Gasteiger partial charge in [0.2, 0.25) is 6.29 Å². The first-order valence-electron chi connectivity index (χ1n) is 19.9. The highest BCUT2D eigenvalue weighted by Crippen LogP contribution is 2.45. The number of aliphatic carboxylic acids is 1. The zero-order chi connectivity index (χ0) is 42.4. The molecule has 0 aromatic heterocycles. The lowest BCUT2D eigenvalue weighted by Gasteiger charge is -2.53. The van der Waals surface area contributed by atoms with Crippen LogP contribution in [0.4, 0.5) is 0 Å². The van der Waals surface area contributed by atoms with Gasteiger partial charge in [-0.25, -0.2) is 4.79 Å². The standard InChI is InChI=1S/C45H50N2O11S2/c1-3-28-8-4-5-9-29(28)10-6-7-27(2)35-21-47-24-44(54)43(57-33-15-16-34-38(19-33)55-22-36(39(34)50)30-11-13-32(49)14-12-30)58-40(42(52)53)41(51)45(44,25-48)56-26-60-59-23-37(35)31-17-18-46-20-31/h4-6,8-17,19-20,25,27,35,37,40-41,43,47,49-51,54H,3,7,18,21-24,26H2,1-2H3,(H,52,53). The fourth-order valence-corrected chi connectivity index (χ4v) is 10.4. The first kappa shape index (κ1) is 43.5. The molecule has 0 bridgehead atoms. The Labute approximate surface area is 356 Å². The molecule has 6 N–H and O–H groups in total. The second-order valence-electron chi connectivity index (χ2n) is 15.4. The molecule has 15 heteroatoms. The van der Waals surface area contributed by atoms with E-state index in [0.717, 1.165) is 18.4 Å². The Morgan fingerprint density at radius 3 is 2.65 bits per heavy atom. The minimum Gasteiger partial charge on any atom is -0.508 e. The highest BCUT2D eigenvalue weighted by molar-refractivity contribution is 8.76. The summed E-state index contributed by atoms with van der Waals surface area (Å²) in [5.41, 5.74) is 0.0299. The Morgan fingerprint density at radius 2 is 1.92 bits per heavy atom. The number of ether oxygens (including phenoxy) is 4. The van der Waals surface area contributed by atoms with E-state index < -0.39 is 42.2 Å². The zero-order valence-electron chi connectivity index (χ0n) is 33.3. The number of aldehydes is 1. The first-order valence-corrected chi connectivity index (χ1v) is 22.4. The van der Waals surface area contributed by atoms with Crippen molar-refractivity contribution in [3.8, 4) is 17.2 Å². The number of nitrogens with one attached hydrogen (secondary N) is 1. The number of carbonyl (C=O) groups excluding carboxylic acids is 1. The van der Waals surface area contributed by atoms with E-state index in [4.69, 9.17) is 18.9 Å². The number of allylic oxidation sites excluding steroid dienone is 2. The van der Waals surface area contributed by atoms with Crippen LogP contribution in [-0.4, -0.2) is 112 Å². The van der Waals surface area contributed by atoms with Gasteiger partial charge in [-0.3, -0.25) is 9.79 Å². The van der Waals surface area contributed by atoms with E-state index in [1.807, 2.05) is 18.3 Å². The summed E-state index contributed by atoms with van der Waals surface area (Å²) in [6.07, 6.45) is 4.31. The summed E-state index contributed by atoms with van der Waals surface area (Å²) >= 11 is 0. The van der Waals surface area contributed by atoms with Crippen LogP contribution in [0.15, 0.2) is 89.4 Å². The molecule has 0 amide bonds. The number of nitrogens with zero attached hydrogens (tertiary/aromatic N) is 1. The van der Waals surface area contributed by atoms with Gasteiger partial charge in [-0.05, 0) is 83.7 Å². The number of phenols is 1. The minimum absolute atomic E-state index is 0.0000998. The number of fused-ring (bicyclic) bond motifs is 2. The molecule has 4 aliphatic rings. The highest BCUT2D eigenvalue weighted by Gasteiger charge is 2.69. The number of benzene rings is 3. The predicted molar refractivity (Wildman–Crippen MR) is 232 cm³/mol. The third-order valence-corrected chi connectivity index (χ3v) is 13.9. The summed E-state index contributed by atoms with van der Waals surface area (Å²) in [6.45, 7) is 4.85. The summed E-state index contributed by atoms with van der Waals surface area (Å²) in [7, 11) is 2.80. The average Bonchev–Trinajstić information content (AvgIpc) is 3.78. The van der Waals surface area contributed by atoms with E-state index in [1.165, 1.54) is 63.0 Å². The average molecular weight is 859 g/mol. The molecule has 0 aliphatic carbocycles. The number of aliphatic hydroxyl groups is 3. The van der Waals surface area contributed by atoms with Crippen molar-refractivity contribution in [2.24, 2.45) is 22.7 Å². The molecule has 7 rings (SSSR count). The molecular formula is C45H50N2O11S2. The molecule has 4 aliphatic heterocycles. The molecule has 318 valence electrons. The Morgan fingerprint density at radius 1 is 1.12 bits per heavy atom. The monoisotopic (exact) mass is 858 g/mol. The number of carboxylic acids is 1. The van der Waals surface area contributed by atoms with Gasteiger partial charge in [0.25, 0.3) is 0 Å². The third-order valence-electron chi connectivity index (χ3n) is 11.8. The number of carboxylic acid groups (broad SMARTS) is 1. The molecule has 8 unspecified atom stereocenters. The SMILES string of the molecule is CCc1ccccc1C=CCC(C)C1CNCC2(O)C(Oc3ccc4c(c3)OCC(c3ccc(O)cc3)=C4O)OC(C(=O)O)C(O)C2(C=O)OCSSCC1C1=CCN=C1. The number of aryl methyl sites for hydroxylation is 1. The Bertz CT molecular complexity index is 2160. The molecule has 60 heavy (non-hydrogen) atoms. The van der Waals surface area contributed by atoms with Gasteiger partial charge in [0.1, 0.15) is 41.7 Å². The molecular weight excluding hydrogens is 809 g/mol. The minimum atomic E-state index is -2.51. The molecule has 0 saturated carbocycles. The summed E-state index contributed by atoms with van der Waals surface area (Å²) < 4.78 is 24.2. The lowest BCUT2D eigenvalue weighted by Crippen LogP contribution is -2.80. The molecule has 2 saturated heterocycles. The van der Waals surface area contributed by atoms with Gasteiger partial charge in [0, 0.05) is 30.2 Å². The van der Waals surface area contributed by atoms with E-state index in [0.29, 0.717) is 35.5 Å². The van der Waals surface area contributed by atoms with Crippen LogP contribution in [0.5, 0.6) is 17.2 Å². The highest BCUT2D eigenvalue weighted by atomic mass is 33.1. The molecule has 3 aromatic rings. The van der Waals surface area contributed by atoms with Crippen LogP contribution >= 0.6 is 21.6 Å². The molecule has 13 nitrogen and oxygen atoms in total. The van der Waals surface area contributed by atoms with Crippen LogP contribution in [0.25, 0.3) is 17.4 Å². The van der Waals surface area contributed by atoms with Gasteiger partial charge in [-0.2, -0.15) is 0 Å². The Balaban J connectivity index is 1.19. The van der Waals surface area contributed by atoms with E-state index in [9.17, 15) is 35.1 Å². The predicted octanol–water partition coefficient (Wildman–Crippen LogP) is 5.93. The van der Waals surface area contributed by atoms with Crippen LogP contribution in [0.2, 0.25) is 0 Å². The van der Waals surface area contributed by atoms with Crippen LogP contribution < -0.4 is 14.8 Å². The van der Waals surface area contributed by atoms with E-state index >= 15 is 0 Å². The molecule has 3 aromatic carbocycles. The van der Waals surface area contributed by atoms with Gasteiger partial charge < -0.3 is 49.8 Å². The number of carbonyl (C=O) groups is 2. The van der Waals surface area contributed by atoms with Gasteiger partial charge >= 0.3 is 5.97 Å². The number of phenolic OH excluding ortho intramolecular Hbond substituents is 1. The maximum absolute atomic E-state index is 13.3. The number of hydrogen-bond acceptors (Lipinski definition) is 14. The van der Waals surface area contributed by atoms with Crippen LogP contribution in [-0.2, 0) is 25.5 Å². The normalized spacial score (nSPS) is 29.0. The molecule has 2 fully saturated rings. The van der Waals surface area contributed by atoms with E-state index in [1.54, 1.807) is 12.1 Å². The molecule has 4 heterocycles. The molecule has 0 spiro atoms. The maximum Gasteiger partial charge on any atom is 0.335 e. The Kier molecular flexibility index (Phi) is 13.8. The van der Waals surface area contributed by atoms with Crippen molar-refractivity contribution in [3.63, 3.8) is 0 Å². The molecule has 8 atom stereocenters.